The molecule has 1 amide bonds. The van der Waals surface area contributed by atoms with Gasteiger partial charge in [-0.1, -0.05) is 18.2 Å². The summed E-state index contributed by atoms with van der Waals surface area (Å²) in [5.41, 5.74) is 2.47. The van der Waals surface area contributed by atoms with Crippen molar-refractivity contribution in [3.8, 4) is 11.4 Å². The van der Waals surface area contributed by atoms with Crippen LogP contribution in [0.5, 0.6) is 0 Å². The highest BCUT2D eigenvalue weighted by Gasteiger charge is 2.27. The second-order valence-corrected chi connectivity index (χ2v) is 6.96. The van der Waals surface area contributed by atoms with Gasteiger partial charge in [-0.15, -0.1) is 10.2 Å². The summed E-state index contributed by atoms with van der Waals surface area (Å²) in [6.45, 7) is 1.51. The molecule has 3 heterocycles. The molecule has 1 saturated heterocycles. The summed E-state index contributed by atoms with van der Waals surface area (Å²) in [7, 11) is 1.71. The maximum Gasteiger partial charge on any atom is 0.254 e. The Bertz CT molecular complexity index is 919. The Hall–Kier alpha value is -2.73. The molecule has 0 saturated carbocycles. The van der Waals surface area contributed by atoms with E-state index in [1.807, 2.05) is 58.0 Å². The molecule has 3 aromatic rings. The second kappa shape index (κ2) is 7.88. The molecule has 2 aromatic heterocycles. The number of methoxy groups -OCH3 is 1. The van der Waals surface area contributed by atoms with E-state index < -0.39 is 0 Å². The Kier molecular flexibility index (Phi) is 5.16. The number of hydrogen-bond acceptors (Lipinski definition) is 4. The molecule has 1 aromatic carbocycles. The van der Waals surface area contributed by atoms with E-state index in [4.69, 9.17) is 4.74 Å². The van der Waals surface area contributed by atoms with Gasteiger partial charge in [0.1, 0.15) is 0 Å². The standard InChI is InChI=1S/C21H24N4O2/c1-27-15-12-18-6-2-4-13-24(18)21(26)17-10-8-16(9-11-17)20-23-22-19-7-3-5-14-25(19)20/h3,5,7-11,14,18H,2,4,6,12-13,15H2,1H3/t18-/m0/s1. The van der Waals surface area contributed by atoms with E-state index >= 15 is 0 Å². The van der Waals surface area contributed by atoms with Crippen molar-refractivity contribution in [2.75, 3.05) is 20.3 Å². The molecule has 0 bridgehead atoms. The topological polar surface area (TPSA) is 59.7 Å². The highest BCUT2D eigenvalue weighted by Crippen LogP contribution is 2.24. The number of rotatable bonds is 5. The van der Waals surface area contributed by atoms with E-state index in [0.717, 1.165) is 48.4 Å². The maximum absolute atomic E-state index is 13.0. The number of benzene rings is 1. The first-order chi connectivity index (χ1) is 13.3. The molecule has 0 N–H and O–H groups in total. The number of carbonyl (C=O) groups excluding carboxylic acids is 1. The fraction of sp³-hybridized carbons (Fsp3) is 0.381. The average Bonchev–Trinajstić information content (AvgIpc) is 3.16. The summed E-state index contributed by atoms with van der Waals surface area (Å²) in [4.78, 5) is 15.1. The number of fused-ring (bicyclic) bond motifs is 1. The van der Waals surface area contributed by atoms with Crippen LogP contribution in [0, 0.1) is 0 Å². The number of amides is 1. The summed E-state index contributed by atoms with van der Waals surface area (Å²) in [6, 6.07) is 13.8. The van der Waals surface area contributed by atoms with Gasteiger partial charge in [-0.25, -0.2) is 0 Å². The van der Waals surface area contributed by atoms with Gasteiger partial charge in [0.15, 0.2) is 11.5 Å². The van der Waals surface area contributed by atoms with Crippen LogP contribution in [0.1, 0.15) is 36.0 Å². The fourth-order valence-corrected chi connectivity index (χ4v) is 3.79. The Balaban J connectivity index is 1.55. The van der Waals surface area contributed by atoms with Crippen LogP contribution in [0.3, 0.4) is 0 Å². The summed E-state index contributed by atoms with van der Waals surface area (Å²) in [5.74, 6) is 0.883. The van der Waals surface area contributed by atoms with E-state index in [2.05, 4.69) is 10.2 Å². The van der Waals surface area contributed by atoms with Crippen molar-refractivity contribution in [2.24, 2.45) is 0 Å². The van der Waals surface area contributed by atoms with Crippen molar-refractivity contribution in [2.45, 2.75) is 31.7 Å². The summed E-state index contributed by atoms with van der Waals surface area (Å²) < 4.78 is 7.16. The number of likely N-dealkylation sites (tertiary alicyclic amines) is 1. The molecule has 1 aliphatic rings. The third-order valence-electron chi connectivity index (χ3n) is 5.25. The Morgan fingerprint density at radius 2 is 2.00 bits per heavy atom. The van der Waals surface area contributed by atoms with Gasteiger partial charge in [-0.05, 0) is 49.9 Å². The van der Waals surface area contributed by atoms with Crippen molar-refractivity contribution in [1.29, 1.82) is 0 Å². The first-order valence-electron chi connectivity index (χ1n) is 9.48. The van der Waals surface area contributed by atoms with Crippen molar-refractivity contribution in [3.05, 3.63) is 54.2 Å². The van der Waals surface area contributed by atoms with Gasteiger partial charge in [0, 0.05) is 43.6 Å². The van der Waals surface area contributed by atoms with Crippen LogP contribution < -0.4 is 0 Å². The predicted octanol–water partition coefficient (Wildman–Crippen LogP) is 3.43. The molecule has 6 nitrogen and oxygen atoms in total. The highest BCUT2D eigenvalue weighted by molar-refractivity contribution is 5.95. The van der Waals surface area contributed by atoms with E-state index in [1.165, 1.54) is 6.42 Å². The fourth-order valence-electron chi connectivity index (χ4n) is 3.79. The number of ether oxygens (including phenoxy) is 1. The minimum Gasteiger partial charge on any atom is -0.385 e. The molecular formula is C21H24N4O2. The van der Waals surface area contributed by atoms with Crippen molar-refractivity contribution >= 4 is 11.6 Å². The third-order valence-corrected chi connectivity index (χ3v) is 5.25. The lowest BCUT2D eigenvalue weighted by Gasteiger charge is -2.36. The molecular weight excluding hydrogens is 340 g/mol. The smallest absolute Gasteiger partial charge is 0.254 e. The zero-order valence-electron chi connectivity index (χ0n) is 15.5. The summed E-state index contributed by atoms with van der Waals surface area (Å²) >= 11 is 0. The van der Waals surface area contributed by atoms with Crippen molar-refractivity contribution in [3.63, 3.8) is 0 Å². The van der Waals surface area contributed by atoms with Crippen molar-refractivity contribution in [1.82, 2.24) is 19.5 Å². The molecule has 0 spiro atoms. The van der Waals surface area contributed by atoms with Crippen molar-refractivity contribution < 1.29 is 9.53 Å². The first-order valence-corrected chi connectivity index (χ1v) is 9.48. The minimum atomic E-state index is 0.105. The van der Waals surface area contributed by atoms with E-state index in [0.29, 0.717) is 6.61 Å². The number of carbonyl (C=O) groups is 1. The summed E-state index contributed by atoms with van der Waals surface area (Å²) in [6.07, 6.45) is 6.14. The monoisotopic (exact) mass is 364 g/mol. The Morgan fingerprint density at radius 1 is 1.15 bits per heavy atom. The molecule has 140 valence electrons. The quantitative estimate of drug-likeness (QED) is 0.696. The van der Waals surface area contributed by atoms with Gasteiger partial charge in [-0.2, -0.15) is 0 Å². The molecule has 27 heavy (non-hydrogen) atoms. The lowest BCUT2D eigenvalue weighted by molar-refractivity contribution is 0.0553. The predicted molar refractivity (Wildman–Crippen MR) is 104 cm³/mol. The highest BCUT2D eigenvalue weighted by atomic mass is 16.5. The average molecular weight is 364 g/mol. The van der Waals surface area contributed by atoms with E-state index in [-0.39, 0.29) is 11.9 Å². The van der Waals surface area contributed by atoms with Gasteiger partial charge >= 0.3 is 0 Å². The normalized spacial score (nSPS) is 17.4. The van der Waals surface area contributed by atoms with Crippen LogP contribution in [-0.2, 0) is 4.74 Å². The van der Waals surface area contributed by atoms with Gasteiger partial charge < -0.3 is 9.64 Å². The number of aromatic nitrogens is 3. The van der Waals surface area contributed by atoms with Crippen LogP contribution in [0.25, 0.3) is 17.0 Å². The molecule has 6 heteroatoms. The molecule has 0 aliphatic carbocycles. The van der Waals surface area contributed by atoms with Gasteiger partial charge in [0.2, 0.25) is 0 Å². The molecule has 4 rings (SSSR count). The second-order valence-electron chi connectivity index (χ2n) is 6.96. The number of nitrogens with zero attached hydrogens (tertiary/aromatic N) is 4. The lowest BCUT2D eigenvalue weighted by atomic mass is 9.98. The van der Waals surface area contributed by atoms with Gasteiger partial charge in [0.25, 0.3) is 5.91 Å². The van der Waals surface area contributed by atoms with Gasteiger partial charge in [-0.3, -0.25) is 9.20 Å². The first kappa shape index (κ1) is 17.7. The molecule has 1 aliphatic heterocycles. The third kappa shape index (κ3) is 3.57. The maximum atomic E-state index is 13.0. The molecule has 1 atom stereocenters. The number of pyridine rings is 1. The van der Waals surface area contributed by atoms with Crippen LogP contribution >= 0.6 is 0 Å². The van der Waals surface area contributed by atoms with Crippen LogP contribution in [0.15, 0.2) is 48.7 Å². The largest absolute Gasteiger partial charge is 0.385 e. The minimum absolute atomic E-state index is 0.105. The zero-order chi connectivity index (χ0) is 18.6. The van der Waals surface area contributed by atoms with E-state index in [9.17, 15) is 4.79 Å². The van der Waals surface area contributed by atoms with Crippen LogP contribution in [0.2, 0.25) is 0 Å². The Labute approximate surface area is 158 Å². The molecule has 0 unspecified atom stereocenters. The SMILES string of the molecule is COCC[C@@H]1CCCCN1C(=O)c1ccc(-c2nnc3ccccn23)cc1. The van der Waals surface area contributed by atoms with Crippen LogP contribution in [0.4, 0.5) is 0 Å². The molecule has 1 fully saturated rings. The molecule has 0 radical (unpaired) electrons. The van der Waals surface area contributed by atoms with Crippen LogP contribution in [-0.4, -0.2) is 51.7 Å². The number of hydrogen-bond donors (Lipinski definition) is 0. The van der Waals surface area contributed by atoms with E-state index in [1.54, 1.807) is 7.11 Å². The zero-order valence-corrected chi connectivity index (χ0v) is 15.5. The number of piperidine rings is 1. The van der Waals surface area contributed by atoms with Gasteiger partial charge in [0.05, 0.1) is 0 Å². The Morgan fingerprint density at radius 3 is 2.81 bits per heavy atom. The lowest BCUT2D eigenvalue weighted by Crippen LogP contribution is -2.44. The summed E-state index contributed by atoms with van der Waals surface area (Å²) in [5, 5.41) is 8.47.